The van der Waals surface area contributed by atoms with E-state index >= 15 is 0 Å². The molecule has 0 unspecified atom stereocenters. The summed E-state index contributed by atoms with van der Waals surface area (Å²) in [5, 5.41) is 7.41. The topological polar surface area (TPSA) is 15.3 Å². The molecule has 0 amide bonds. The largest absolute Gasteiger partial charge is 0.314 e. The van der Waals surface area contributed by atoms with E-state index in [1.165, 1.54) is 13.1 Å². The average molecular weight is 232 g/mol. The van der Waals surface area contributed by atoms with Gasteiger partial charge in [0.15, 0.2) is 0 Å². The van der Waals surface area contributed by atoms with Gasteiger partial charge in [-0.3, -0.25) is 9.60 Å². The van der Waals surface area contributed by atoms with Crippen molar-refractivity contribution in [1.82, 2.24) is 10.2 Å². The van der Waals surface area contributed by atoms with Crippen LogP contribution in [0.3, 0.4) is 0 Å². The molecule has 1 saturated heterocycles. The zero-order valence-electron chi connectivity index (χ0n) is 9.48. The Labute approximate surface area is 95.7 Å². The van der Waals surface area contributed by atoms with Gasteiger partial charge in [-0.1, -0.05) is 12.1 Å². The Morgan fingerprint density at radius 1 is 1.13 bits per heavy atom. The smallest absolute Gasteiger partial charge is 0.0110 e. The van der Waals surface area contributed by atoms with Crippen molar-refractivity contribution >= 4 is 11.3 Å². The molecule has 1 aromatic heterocycles. The first-order valence-corrected chi connectivity index (χ1v) is 6.17. The Morgan fingerprint density at radius 3 is 1.93 bits per heavy atom. The lowest BCUT2D eigenvalue weighted by molar-refractivity contribution is 0.196. The highest BCUT2D eigenvalue weighted by Gasteiger charge is 2.11. The van der Waals surface area contributed by atoms with Crippen molar-refractivity contribution in [3.05, 3.63) is 22.9 Å². The lowest BCUT2D eigenvalue weighted by Gasteiger charge is -2.30. The normalized spacial score (nSPS) is 16.5. The van der Waals surface area contributed by atoms with Crippen molar-refractivity contribution in [3.8, 4) is 0 Å². The predicted octanol–water partition coefficient (Wildman–Crippen LogP) is 2.20. The fourth-order valence-corrected chi connectivity index (χ4v) is 1.88. The molecule has 1 fully saturated rings. The highest BCUT2D eigenvalue weighted by Crippen LogP contribution is 1.97. The summed E-state index contributed by atoms with van der Waals surface area (Å²) in [6.07, 6.45) is 0. The third-order valence-corrected chi connectivity index (χ3v) is 2.94. The van der Waals surface area contributed by atoms with Crippen molar-refractivity contribution in [3.63, 3.8) is 0 Å². The van der Waals surface area contributed by atoms with Gasteiger partial charge < -0.3 is 5.32 Å². The molecule has 1 aliphatic rings. The van der Waals surface area contributed by atoms with Gasteiger partial charge in [0.1, 0.15) is 0 Å². The van der Waals surface area contributed by atoms with Gasteiger partial charge in [-0.2, -0.15) is 11.3 Å². The van der Waals surface area contributed by atoms with Gasteiger partial charge in [0.25, 0.3) is 0 Å². The Balaban J connectivity index is 0.000000280. The minimum atomic E-state index is 0. The Kier molecular flexibility index (Phi) is 8.56. The van der Waals surface area contributed by atoms with E-state index in [4.69, 9.17) is 0 Å². The number of nitrogens with zero attached hydrogens (tertiary/aromatic N) is 1. The van der Waals surface area contributed by atoms with Crippen LogP contribution in [0.2, 0.25) is 0 Å². The monoisotopic (exact) mass is 232 g/mol. The molecule has 88 valence electrons. The quantitative estimate of drug-likeness (QED) is 0.798. The van der Waals surface area contributed by atoms with Crippen LogP contribution in [-0.2, 0) is 0 Å². The zero-order valence-corrected chi connectivity index (χ0v) is 10.3. The predicted molar refractivity (Wildman–Crippen MR) is 66.4 cm³/mol. The van der Waals surface area contributed by atoms with Crippen LogP contribution in [0.25, 0.3) is 0 Å². The summed E-state index contributed by atoms with van der Waals surface area (Å²) < 4.78 is 0. The summed E-state index contributed by atoms with van der Waals surface area (Å²) in [4.78, 5) is 2.50. The molecule has 0 saturated carbocycles. The fourth-order valence-electron chi connectivity index (χ4n) is 1.43. The summed E-state index contributed by atoms with van der Waals surface area (Å²) in [5.41, 5.74) is 0. The first-order chi connectivity index (χ1) is 6.80. The molecule has 0 atom stereocenters. The molecule has 2 heterocycles. The highest BCUT2D eigenvalue weighted by atomic mass is 32.1. The van der Waals surface area contributed by atoms with Gasteiger partial charge in [0, 0.05) is 32.2 Å². The number of rotatable bonds is 1. The Bertz CT molecular complexity index is 191. The van der Waals surface area contributed by atoms with Crippen LogP contribution in [0.15, 0.2) is 22.9 Å². The van der Waals surface area contributed by atoms with Crippen LogP contribution in [0.1, 0.15) is 13.8 Å². The Morgan fingerprint density at radius 2 is 1.67 bits per heavy atom. The highest BCUT2D eigenvalue weighted by molar-refractivity contribution is 7.07. The van der Waals surface area contributed by atoms with Crippen LogP contribution in [0, 0.1) is 0 Å². The lowest BCUT2D eigenvalue weighted by Crippen LogP contribution is -2.46. The Hall–Kier alpha value is -0.450. The summed E-state index contributed by atoms with van der Waals surface area (Å²) in [7, 11) is 0. The second-order valence-corrected chi connectivity index (χ2v) is 4.49. The van der Waals surface area contributed by atoms with Gasteiger partial charge in [0.2, 0.25) is 0 Å². The standard InChI is InChI=1S/C7H16N2.C4H4S.FH/c1-7(2)9-5-3-8-4-6-9;1-2-4-5-3-1;/h7-8H,3-6H2,1-2H3;1-4H;1H. The second-order valence-electron chi connectivity index (χ2n) is 3.67. The zero-order chi connectivity index (χ0) is 10.2. The van der Waals surface area contributed by atoms with Crippen molar-refractivity contribution < 1.29 is 4.70 Å². The van der Waals surface area contributed by atoms with Gasteiger partial charge >= 0.3 is 0 Å². The van der Waals surface area contributed by atoms with Crippen LogP contribution < -0.4 is 5.32 Å². The molecule has 0 aliphatic carbocycles. The molecule has 0 spiro atoms. The maximum Gasteiger partial charge on any atom is 0.0110 e. The minimum absolute atomic E-state index is 0. The first-order valence-electron chi connectivity index (χ1n) is 5.22. The minimum Gasteiger partial charge on any atom is -0.314 e. The summed E-state index contributed by atoms with van der Waals surface area (Å²) in [6.45, 7) is 9.28. The molecular formula is C11H21FN2S. The average Bonchev–Trinajstić information content (AvgIpc) is 2.77. The van der Waals surface area contributed by atoms with E-state index < -0.39 is 0 Å². The van der Waals surface area contributed by atoms with Crippen molar-refractivity contribution in [2.75, 3.05) is 26.2 Å². The second kappa shape index (κ2) is 8.83. The number of thiophene rings is 1. The maximum atomic E-state index is 3.33. The summed E-state index contributed by atoms with van der Waals surface area (Å²) >= 11 is 1.71. The molecule has 0 bridgehead atoms. The van der Waals surface area contributed by atoms with Gasteiger partial charge in [0.05, 0.1) is 0 Å². The molecular weight excluding hydrogens is 211 g/mol. The van der Waals surface area contributed by atoms with Gasteiger partial charge in [-0.15, -0.1) is 0 Å². The SMILES string of the molecule is CC(C)N1CCNCC1.F.c1ccsc1. The van der Waals surface area contributed by atoms with E-state index in [0.29, 0.717) is 0 Å². The van der Waals surface area contributed by atoms with Crippen molar-refractivity contribution in [2.45, 2.75) is 19.9 Å². The third-order valence-electron chi connectivity index (χ3n) is 2.31. The van der Waals surface area contributed by atoms with E-state index in [9.17, 15) is 0 Å². The van der Waals surface area contributed by atoms with Gasteiger partial charge in [-0.25, -0.2) is 0 Å². The van der Waals surface area contributed by atoms with E-state index in [0.717, 1.165) is 19.1 Å². The van der Waals surface area contributed by atoms with Crippen molar-refractivity contribution in [1.29, 1.82) is 0 Å². The molecule has 0 aromatic carbocycles. The van der Waals surface area contributed by atoms with E-state index in [-0.39, 0.29) is 4.70 Å². The first kappa shape index (κ1) is 14.6. The van der Waals surface area contributed by atoms with Crippen LogP contribution in [-0.4, -0.2) is 37.1 Å². The van der Waals surface area contributed by atoms with Crippen molar-refractivity contribution in [2.24, 2.45) is 0 Å². The molecule has 15 heavy (non-hydrogen) atoms. The van der Waals surface area contributed by atoms with E-state index in [1.807, 2.05) is 22.9 Å². The molecule has 2 nitrogen and oxygen atoms in total. The third kappa shape index (κ3) is 6.60. The number of halogens is 1. The molecule has 1 aliphatic heterocycles. The van der Waals surface area contributed by atoms with E-state index in [2.05, 4.69) is 24.1 Å². The van der Waals surface area contributed by atoms with Crippen LogP contribution in [0.5, 0.6) is 0 Å². The van der Waals surface area contributed by atoms with E-state index in [1.54, 1.807) is 11.3 Å². The van der Waals surface area contributed by atoms with Crippen LogP contribution in [0.4, 0.5) is 4.70 Å². The molecule has 1 aromatic rings. The van der Waals surface area contributed by atoms with Gasteiger partial charge in [-0.05, 0) is 24.6 Å². The lowest BCUT2D eigenvalue weighted by atomic mass is 10.3. The molecule has 0 radical (unpaired) electrons. The summed E-state index contributed by atoms with van der Waals surface area (Å²) in [5.74, 6) is 0. The molecule has 2 rings (SSSR count). The number of hydrogen-bond acceptors (Lipinski definition) is 3. The fraction of sp³-hybridized carbons (Fsp3) is 0.636. The summed E-state index contributed by atoms with van der Waals surface area (Å²) in [6, 6.07) is 4.77. The number of piperazine rings is 1. The number of hydrogen-bond donors (Lipinski definition) is 1. The van der Waals surface area contributed by atoms with Crippen LogP contribution >= 0.6 is 11.3 Å². The number of nitrogens with one attached hydrogen (secondary N) is 1. The molecule has 4 heteroatoms. The maximum absolute atomic E-state index is 3.33. The molecule has 1 N–H and O–H groups in total.